The molecule has 1 aromatic heterocycles. The SMILES string of the molecule is CC(C)C[C@H](NC(=O)[C@H](Cc1ccccc1)NC(=O)[C@@H]1CCCN1C(=O)[C@H](Cc1c[nH]c2ccccc12)NC(=O)[C@H](CC(N)=O)NC(=O)[C@H](CCCCN)NC(=O)[C@H](Cc1ccccc1)NC(=O)[C@@H](NC(=O)[C@@H](N)CO)[C@@H](C)O)C(=O)O. The highest BCUT2D eigenvalue weighted by molar-refractivity contribution is 6.00. The third-order valence-electron chi connectivity index (χ3n) is 13.9. The van der Waals surface area contributed by atoms with E-state index in [4.69, 9.17) is 17.2 Å². The van der Waals surface area contributed by atoms with Gasteiger partial charge in [-0.25, -0.2) is 4.79 Å². The molecule has 9 amide bonds. The first-order chi connectivity index (χ1) is 39.1. The van der Waals surface area contributed by atoms with Gasteiger partial charge in [0.1, 0.15) is 54.4 Å². The number of unbranched alkanes of at least 4 members (excludes halogenated alkanes) is 1. The fourth-order valence-electron chi connectivity index (χ4n) is 9.57. The summed E-state index contributed by atoms with van der Waals surface area (Å²) in [4.78, 5) is 142. The molecule has 1 aliphatic heterocycles. The molecule has 17 N–H and O–H groups in total. The monoisotopic (exact) mass is 1140 g/mol. The van der Waals surface area contributed by atoms with E-state index in [0.717, 1.165) is 0 Å². The van der Waals surface area contributed by atoms with Crippen LogP contribution in [0, 0.1) is 5.92 Å². The van der Waals surface area contributed by atoms with Crippen LogP contribution < -0.4 is 54.4 Å². The molecule has 10 atom stereocenters. The Balaban J connectivity index is 1.42. The van der Waals surface area contributed by atoms with Crippen molar-refractivity contribution in [1.82, 2.24) is 47.1 Å². The number of H-pyrrole nitrogens is 1. The van der Waals surface area contributed by atoms with Crippen molar-refractivity contribution >= 4 is 70.0 Å². The van der Waals surface area contributed by atoms with E-state index in [2.05, 4.69) is 42.2 Å². The molecule has 444 valence electrons. The van der Waals surface area contributed by atoms with E-state index in [9.17, 15) is 58.5 Å². The lowest BCUT2D eigenvalue weighted by Crippen LogP contribution is -2.62. The Kier molecular flexibility index (Phi) is 24.9. The number of nitrogens with zero attached hydrogens (tertiary/aromatic N) is 1. The van der Waals surface area contributed by atoms with Gasteiger partial charge in [-0.15, -0.1) is 0 Å². The van der Waals surface area contributed by atoms with Gasteiger partial charge in [0.25, 0.3) is 0 Å². The Hall–Kier alpha value is -8.26. The molecule has 1 saturated heterocycles. The second kappa shape index (κ2) is 31.7. The summed E-state index contributed by atoms with van der Waals surface area (Å²) < 4.78 is 0. The molecular weight excluding hydrogens is 1060 g/mol. The Morgan fingerprint density at radius 2 is 1.18 bits per heavy atom. The van der Waals surface area contributed by atoms with Crippen LogP contribution in [0.1, 0.15) is 82.4 Å². The minimum atomic E-state index is -1.75. The highest BCUT2D eigenvalue weighted by atomic mass is 16.4. The highest BCUT2D eigenvalue weighted by Crippen LogP contribution is 2.24. The normalized spacial score (nSPS) is 16.4. The number of primary amides is 1. The number of nitrogens with two attached hydrogens (primary N) is 3. The summed E-state index contributed by atoms with van der Waals surface area (Å²) in [6.45, 7) is 4.31. The van der Waals surface area contributed by atoms with Crippen molar-refractivity contribution in [2.24, 2.45) is 23.1 Å². The number of carbonyl (C=O) groups is 10. The van der Waals surface area contributed by atoms with Crippen molar-refractivity contribution in [1.29, 1.82) is 0 Å². The van der Waals surface area contributed by atoms with Gasteiger partial charge in [0.05, 0.1) is 19.1 Å². The van der Waals surface area contributed by atoms with Gasteiger partial charge in [-0.05, 0) is 80.7 Å². The van der Waals surface area contributed by atoms with Gasteiger partial charge in [-0.3, -0.25) is 43.2 Å². The van der Waals surface area contributed by atoms with Gasteiger partial charge < -0.3 is 79.6 Å². The summed E-state index contributed by atoms with van der Waals surface area (Å²) in [5.41, 5.74) is 19.6. The first-order valence-corrected chi connectivity index (χ1v) is 27.4. The molecule has 1 fully saturated rings. The first-order valence-electron chi connectivity index (χ1n) is 27.4. The maximum atomic E-state index is 15.0. The zero-order valence-electron chi connectivity index (χ0n) is 46.3. The molecule has 0 bridgehead atoms. The number of carbonyl (C=O) groups excluding carboxylic acids is 9. The number of likely N-dealkylation sites (tertiary alicyclic amines) is 1. The second-order valence-corrected chi connectivity index (χ2v) is 20.9. The maximum absolute atomic E-state index is 15.0. The zero-order valence-corrected chi connectivity index (χ0v) is 46.3. The van der Waals surface area contributed by atoms with Crippen molar-refractivity contribution in [3.63, 3.8) is 0 Å². The lowest BCUT2D eigenvalue weighted by molar-refractivity contribution is -0.144. The Labute approximate surface area is 475 Å². The van der Waals surface area contributed by atoms with Gasteiger partial charge in [0.15, 0.2) is 0 Å². The average molecular weight is 1140 g/mol. The molecule has 3 aromatic carbocycles. The number of nitrogens with one attached hydrogen (secondary N) is 8. The summed E-state index contributed by atoms with van der Waals surface area (Å²) in [6, 6.07) is 11.5. The van der Waals surface area contributed by atoms with E-state index in [1.807, 2.05) is 13.8 Å². The third-order valence-corrected chi connectivity index (χ3v) is 13.9. The molecule has 5 rings (SSSR count). The van der Waals surface area contributed by atoms with E-state index >= 15 is 4.79 Å². The van der Waals surface area contributed by atoms with Gasteiger partial charge in [-0.2, -0.15) is 0 Å². The topological polar surface area (TPSA) is 413 Å². The number of benzene rings is 3. The van der Waals surface area contributed by atoms with Crippen LogP contribution in [-0.2, 0) is 67.2 Å². The van der Waals surface area contributed by atoms with Crippen LogP contribution in [0.3, 0.4) is 0 Å². The average Bonchev–Trinajstić information content (AvgIpc) is 4.34. The predicted molar refractivity (Wildman–Crippen MR) is 301 cm³/mol. The van der Waals surface area contributed by atoms with Crippen LogP contribution in [0.25, 0.3) is 10.9 Å². The van der Waals surface area contributed by atoms with E-state index in [0.29, 0.717) is 40.4 Å². The summed E-state index contributed by atoms with van der Waals surface area (Å²) in [5.74, 6) is -9.42. The molecule has 25 nitrogen and oxygen atoms in total. The van der Waals surface area contributed by atoms with Crippen LogP contribution in [0.5, 0.6) is 0 Å². The number of fused-ring (bicyclic) bond motifs is 1. The van der Waals surface area contributed by atoms with Gasteiger partial charge in [0, 0.05) is 42.9 Å². The number of aromatic nitrogens is 1. The molecule has 0 aliphatic carbocycles. The Morgan fingerprint density at radius 3 is 1.76 bits per heavy atom. The number of carboxylic acid groups (broad SMARTS) is 1. The highest BCUT2D eigenvalue weighted by Gasteiger charge is 2.41. The number of amides is 9. The van der Waals surface area contributed by atoms with Crippen LogP contribution in [-0.4, -0.2) is 165 Å². The lowest BCUT2D eigenvalue weighted by Gasteiger charge is -2.31. The molecule has 82 heavy (non-hydrogen) atoms. The fourth-order valence-corrected chi connectivity index (χ4v) is 9.57. The van der Waals surface area contributed by atoms with Crippen molar-refractivity contribution in [3.05, 3.63) is 108 Å². The molecule has 25 heteroatoms. The van der Waals surface area contributed by atoms with Crippen LogP contribution in [0.2, 0.25) is 0 Å². The number of aliphatic hydroxyl groups is 2. The molecule has 0 saturated carbocycles. The van der Waals surface area contributed by atoms with Crippen LogP contribution >= 0.6 is 0 Å². The second-order valence-electron chi connectivity index (χ2n) is 20.9. The minimum absolute atomic E-state index is 0.0182. The van der Waals surface area contributed by atoms with Gasteiger partial charge >= 0.3 is 5.97 Å². The number of carboxylic acids is 1. The first kappa shape index (κ1) is 64.6. The van der Waals surface area contributed by atoms with Crippen molar-refractivity contribution in [2.75, 3.05) is 19.7 Å². The molecule has 0 radical (unpaired) electrons. The van der Waals surface area contributed by atoms with Crippen molar-refractivity contribution < 1.29 is 63.3 Å². The summed E-state index contributed by atoms with van der Waals surface area (Å²) in [5, 5.41) is 48.5. The quantitative estimate of drug-likeness (QED) is 0.0245. The Bertz CT molecular complexity index is 2830. The van der Waals surface area contributed by atoms with E-state index in [1.54, 1.807) is 91.1 Å². The maximum Gasteiger partial charge on any atom is 0.326 e. The standard InChI is InChI=1S/C57H78N12O13/c1-32(2)25-45(57(81)82)67-52(76)41(26-34-15-6-4-7-16-34)64-54(78)46-22-14-24-69(46)56(80)44(28-36-30-61-39-20-11-10-19-37(36)39)66-53(77)43(29-47(60)72)63-50(74)40(21-12-13-23-58)62-51(75)42(27-35-17-8-5-9-18-35)65-55(79)48(33(3)71)68-49(73)38(59)31-70/h4-11,15-20,30,32-33,38,40-46,48,61,70-71H,12-14,21-29,31,58-59H2,1-3H3,(H2,60,72)(H,62,75)(H,63,74)(H,64,78)(H,65,79)(H,66,77)(H,67,76)(H,68,73)(H,81,82)/t33-,38+,40+,41+,42+,43+,44+,45+,46+,48+/m1/s1. The predicted octanol–water partition coefficient (Wildman–Crippen LogP) is -1.58. The fraction of sp³-hybridized carbons (Fsp3) is 0.474. The molecular formula is C57H78N12O13. The number of rotatable bonds is 32. The molecule has 1 aliphatic rings. The Morgan fingerprint density at radius 1 is 0.646 bits per heavy atom. The summed E-state index contributed by atoms with van der Waals surface area (Å²) in [6.07, 6.45) is 0.226. The number of hydrogen-bond acceptors (Lipinski definition) is 14. The van der Waals surface area contributed by atoms with E-state index in [1.165, 1.54) is 11.8 Å². The largest absolute Gasteiger partial charge is 0.480 e. The van der Waals surface area contributed by atoms with Crippen LogP contribution in [0.4, 0.5) is 0 Å². The minimum Gasteiger partial charge on any atom is -0.480 e. The number of aromatic amines is 1. The number of aliphatic carboxylic acids is 1. The molecule has 4 aromatic rings. The molecule has 0 unspecified atom stereocenters. The lowest BCUT2D eigenvalue weighted by atomic mass is 10.0. The van der Waals surface area contributed by atoms with Gasteiger partial charge in [0.2, 0.25) is 53.2 Å². The number of para-hydroxylation sites is 1. The zero-order chi connectivity index (χ0) is 60.0. The third kappa shape index (κ3) is 19.2. The van der Waals surface area contributed by atoms with E-state index in [-0.39, 0.29) is 64.0 Å². The van der Waals surface area contributed by atoms with Crippen molar-refractivity contribution in [2.45, 2.75) is 145 Å². The summed E-state index contributed by atoms with van der Waals surface area (Å²) >= 11 is 0. The number of hydrogen-bond donors (Lipinski definition) is 14. The van der Waals surface area contributed by atoms with Crippen LogP contribution in [0.15, 0.2) is 91.1 Å². The molecule has 2 heterocycles. The van der Waals surface area contributed by atoms with E-state index < -0.39 is 133 Å². The smallest absolute Gasteiger partial charge is 0.326 e. The number of aliphatic hydroxyl groups excluding tert-OH is 2. The summed E-state index contributed by atoms with van der Waals surface area (Å²) in [7, 11) is 0. The molecule has 0 spiro atoms. The van der Waals surface area contributed by atoms with Gasteiger partial charge in [-0.1, -0.05) is 92.7 Å². The van der Waals surface area contributed by atoms with Crippen molar-refractivity contribution in [3.8, 4) is 0 Å².